The predicted octanol–water partition coefficient (Wildman–Crippen LogP) is 3.15. The number of aliphatic hydroxyl groups is 1. The highest BCUT2D eigenvalue weighted by Gasteiger charge is 2.16. The molecule has 2 aromatic rings. The Morgan fingerprint density at radius 2 is 2.04 bits per heavy atom. The molecule has 0 saturated carbocycles. The van der Waals surface area contributed by atoms with E-state index < -0.39 is 17.6 Å². The van der Waals surface area contributed by atoms with Crippen LogP contribution in [0.15, 0.2) is 35.0 Å². The number of benzene rings is 1. The molecule has 1 heterocycles. The molecule has 3 N–H and O–H groups in total. The van der Waals surface area contributed by atoms with Crippen molar-refractivity contribution >= 4 is 40.4 Å². The monoisotopic (exact) mass is 384 g/mol. The minimum Gasteiger partial charge on any atom is -0.396 e. The van der Waals surface area contributed by atoms with Gasteiger partial charge in [-0.3, -0.25) is 9.59 Å². The van der Waals surface area contributed by atoms with Gasteiger partial charge < -0.3 is 15.7 Å². The minimum absolute atomic E-state index is 0.0558. The first-order valence-electron chi connectivity index (χ1n) is 7.68. The molecule has 0 aliphatic rings. The summed E-state index contributed by atoms with van der Waals surface area (Å²) in [5.74, 6) is -2.12. The average molecular weight is 385 g/mol. The summed E-state index contributed by atoms with van der Waals surface area (Å²) in [6.45, 7) is 0.358. The molecule has 2 rings (SSSR count). The van der Waals surface area contributed by atoms with Gasteiger partial charge in [-0.2, -0.15) is 11.3 Å². The number of halogens is 2. The topological polar surface area (TPSA) is 78.4 Å². The van der Waals surface area contributed by atoms with Gasteiger partial charge in [-0.25, -0.2) is 4.39 Å². The molecule has 0 aliphatic carbocycles. The van der Waals surface area contributed by atoms with Crippen molar-refractivity contribution in [2.24, 2.45) is 0 Å². The number of rotatable bonds is 7. The zero-order chi connectivity index (χ0) is 18.2. The van der Waals surface area contributed by atoms with Crippen molar-refractivity contribution in [2.45, 2.75) is 18.8 Å². The van der Waals surface area contributed by atoms with Crippen LogP contribution < -0.4 is 10.6 Å². The number of anilines is 1. The van der Waals surface area contributed by atoms with E-state index in [1.165, 1.54) is 12.1 Å². The van der Waals surface area contributed by atoms with Gasteiger partial charge in [0.05, 0.1) is 5.02 Å². The van der Waals surface area contributed by atoms with Crippen LogP contribution in [0, 0.1) is 5.82 Å². The Hall–Kier alpha value is -1.96. The molecule has 134 valence electrons. The highest BCUT2D eigenvalue weighted by atomic mass is 35.5. The fraction of sp³-hybridized carbons (Fsp3) is 0.294. The van der Waals surface area contributed by atoms with Crippen molar-refractivity contribution in [3.05, 3.63) is 51.4 Å². The highest BCUT2D eigenvalue weighted by Crippen LogP contribution is 2.24. The summed E-state index contributed by atoms with van der Waals surface area (Å²) in [5.41, 5.74) is 1.35. The summed E-state index contributed by atoms with van der Waals surface area (Å²) in [7, 11) is 0. The first kappa shape index (κ1) is 19.4. The molecule has 0 bridgehead atoms. The number of thiophene rings is 1. The largest absolute Gasteiger partial charge is 0.396 e. The zero-order valence-corrected chi connectivity index (χ0v) is 14.9. The summed E-state index contributed by atoms with van der Waals surface area (Å²) in [6.07, 6.45) is 1.20. The Balaban J connectivity index is 1.82. The van der Waals surface area contributed by atoms with Crippen LogP contribution in [0.5, 0.6) is 0 Å². The van der Waals surface area contributed by atoms with Gasteiger partial charge in [-0.1, -0.05) is 11.6 Å². The fourth-order valence-corrected chi connectivity index (χ4v) is 3.27. The number of hydrogen-bond acceptors (Lipinski definition) is 4. The predicted molar refractivity (Wildman–Crippen MR) is 96.4 cm³/mol. The van der Waals surface area contributed by atoms with Crippen LogP contribution in [0.4, 0.5) is 10.1 Å². The van der Waals surface area contributed by atoms with E-state index in [2.05, 4.69) is 10.6 Å². The number of amides is 2. The van der Waals surface area contributed by atoms with Crippen molar-refractivity contribution in [1.82, 2.24) is 5.32 Å². The second-order valence-corrected chi connectivity index (χ2v) is 6.58. The van der Waals surface area contributed by atoms with E-state index in [9.17, 15) is 14.0 Å². The van der Waals surface area contributed by atoms with Crippen LogP contribution >= 0.6 is 22.9 Å². The lowest BCUT2D eigenvalue weighted by Gasteiger charge is -2.15. The second-order valence-electron chi connectivity index (χ2n) is 5.39. The lowest BCUT2D eigenvalue weighted by molar-refractivity contribution is -0.136. The first-order valence-corrected chi connectivity index (χ1v) is 9.00. The van der Waals surface area contributed by atoms with Crippen molar-refractivity contribution < 1.29 is 19.1 Å². The number of aliphatic hydroxyl groups excluding tert-OH is 1. The van der Waals surface area contributed by atoms with E-state index in [4.69, 9.17) is 16.7 Å². The van der Waals surface area contributed by atoms with Crippen LogP contribution in [0.25, 0.3) is 0 Å². The van der Waals surface area contributed by atoms with Crippen LogP contribution in [-0.2, 0) is 9.59 Å². The first-order chi connectivity index (χ1) is 12.0. The van der Waals surface area contributed by atoms with E-state index in [0.29, 0.717) is 19.4 Å². The molecule has 1 aromatic carbocycles. The van der Waals surface area contributed by atoms with Crippen LogP contribution in [0.3, 0.4) is 0 Å². The lowest BCUT2D eigenvalue weighted by atomic mass is 9.95. The minimum atomic E-state index is -0.850. The molecule has 5 nitrogen and oxygen atoms in total. The van der Waals surface area contributed by atoms with Gasteiger partial charge >= 0.3 is 11.8 Å². The molecule has 0 saturated heterocycles. The molecule has 25 heavy (non-hydrogen) atoms. The van der Waals surface area contributed by atoms with Crippen molar-refractivity contribution in [3.63, 3.8) is 0 Å². The van der Waals surface area contributed by atoms with Crippen molar-refractivity contribution in [3.8, 4) is 0 Å². The van der Waals surface area contributed by atoms with Gasteiger partial charge in [0, 0.05) is 18.8 Å². The third-order valence-electron chi connectivity index (χ3n) is 3.65. The summed E-state index contributed by atoms with van der Waals surface area (Å²) in [5, 5.41) is 17.9. The van der Waals surface area contributed by atoms with Crippen LogP contribution in [0.1, 0.15) is 24.3 Å². The van der Waals surface area contributed by atoms with Gasteiger partial charge in [-0.05, 0) is 59.3 Å². The fourth-order valence-electron chi connectivity index (χ4n) is 2.34. The molecule has 1 atom stereocenters. The summed E-state index contributed by atoms with van der Waals surface area (Å²) >= 11 is 7.20. The highest BCUT2D eigenvalue weighted by molar-refractivity contribution is 7.08. The Morgan fingerprint density at radius 3 is 2.68 bits per heavy atom. The van der Waals surface area contributed by atoms with Gasteiger partial charge in [0.15, 0.2) is 0 Å². The average Bonchev–Trinajstić information content (AvgIpc) is 3.11. The second kappa shape index (κ2) is 9.50. The molecule has 8 heteroatoms. The zero-order valence-electron chi connectivity index (χ0n) is 13.3. The molecular formula is C17H18ClFN2O3S. The molecule has 0 fully saturated rings. The number of nitrogens with one attached hydrogen (secondary N) is 2. The third kappa shape index (κ3) is 5.81. The van der Waals surface area contributed by atoms with E-state index in [1.54, 1.807) is 11.3 Å². The maximum Gasteiger partial charge on any atom is 0.313 e. The molecule has 1 aromatic heterocycles. The van der Waals surface area contributed by atoms with E-state index in [0.717, 1.165) is 11.6 Å². The molecular weight excluding hydrogens is 367 g/mol. The SMILES string of the molecule is O=C(NCCC(CCO)c1ccsc1)C(=O)Nc1ccc(F)c(Cl)c1. The van der Waals surface area contributed by atoms with E-state index >= 15 is 0 Å². The van der Waals surface area contributed by atoms with Gasteiger partial charge in [0.1, 0.15) is 5.82 Å². The smallest absolute Gasteiger partial charge is 0.313 e. The summed E-state index contributed by atoms with van der Waals surface area (Å²) in [6, 6.07) is 5.64. The number of carbonyl (C=O) groups is 2. The number of hydrogen-bond donors (Lipinski definition) is 3. The van der Waals surface area contributed by atoms with E-state index in [-0.39, 0.29) is 23.2 Å². The maximum atomic E-state index is 13.1. The van der Waals surface area contributed by atoms with E-state index in [1.807, 2.05) is 16.8 Å². The van der Waals surface area contributed by atoms with Gasteiger partial charge in [0.25, 0.3) is 0 Å². The normalized spacial score (nSPS) is 11.8. The van der Waals surface area contributed by atoms with Crippen molar-refractivity contribution in [2.75, 3.05) is 18.5 Å². The summed E-state index contributed by atoms with van der Waals surface area (Å²) < 4.78 is 13.1. The molecule has 2 amide bonds. The number of carbonyl (C=O) groups excluding carboxylic acids is 2. The Labute approximate surface area is 153 Å². The molecule has 0 spiro atoms. The molecule has 0 radical (unpaired) electrons. The Bertz CT molecular complexity index is 725. The third-order valence-corrected chi connectivity index (χ3v) is 4.65. The van der Waals surface area contributed by atoms with Gasteiger partial charge in [0.2, 0.25) is 0 Å². The maximum absolute atomic E-state index is 13.1. The Kier molecular flexibility index (Phi) is 7.36. The molecule has 1 unspecified atom stereocenters. The van der Waals surface area contributed by atoms with Crippen LogP contribution in [-0.4, -0.2) is 30.1 Å². The summed E-state index contributed by atoms with van der Waals surface area (Å²) in [4.78, 5) is 23.7. The molecule has 0 aliphatic heterocycles. The standard InChI is InChI=1S/C17H18ClFN2O3S/c18-14-9-13(1-2-15(14)19)21-17(24)16(23)20-6-3-11(4-7-22)12-5-8-25-10-12/h1-2,5,8-11,22H,3-4,6-7H2,(H,20,23)(H,21,24). The lowest BCUT2D eigenvalue weighted by Crippen LogP contribution is -2.36. The van der Waals surface area contributed by atoms with Crippen LogP contribution in [0.2, 0.25) is 5.02 Å². The quantitative estimate of drug-likeness (QED) is 0.642. The Morgan fingerprint density at radius 1 is 1.24 bits per heavy atom. The van der Waals surface area contributed by atoms with Crippen molar-refractivity contribution in [1.29, 1.82) is 0 Å². The van der Waals surface area contributed by atoms with Gasteiger partial charge in [-0.15, -0.1) is 0 Å².